The van der Waals surface area contributed by atoms with Gasteiger partial charge in [0, 0.05) is 37.9 Å². The van der Waals surface area contributed by atoms with Crippen LogP contribution >= 0.6 is 0 Å². The lowest BCUT2D eigenvalue weighted by Crippen LogP contribution is -2.45. The molecule has 10 heteroatoms. The van der Waals surface area contributed by atoms with Crippen LogP contribution in [0.4, 0.5) is 10.5 Å². The number of carbonyl (C=O) groups is 1. The number of amides is 1. The molecule has 5 rings (SSSR count). The Morgan fingerprint density at radius 2 is 1.89 bits per heavy atom. The van der Waals surface area contributed by atoms with E-state index >= 15 is 0 Å². The van der Waals surface area contributed by atoms with Gasteiger partial charge in [-0.3, -0.25) is 4.79 Å². The topological polar surface area (TPSA) is 117 Å². The highest BCUT2D eigenvalue weighted by molar-refractivity contribution is 5.81. The van der Waals surface area contributed by atoms with E-state index in [4.69, 9.17) is 9.72 Å². The number of hydrogen-bond acceptors (Lipinski definition) is 6. The van der Waals surface area contributed by atoms with Gasteiger partial charge in [-0.1, -0.05) is 18.2 Å². The molecule has 37 heavy (non-hydrogen) atoms. The van der Waals surface area contributed by atoms with Crippen LogP contribution < -0.4 is 15.2 Å². The fourth-order valence-electron chi connectivity index (χ4n) is 4.89. The van der Waals surface area contributed by atoms with Crippen LogP contribution in [-0.4, -0.2) is 68.6 Å². The fraction of sp³-hybridized carbons (Fsp3) is 0.333. The van der Waals surface area contributed by atoms with Crippen molar-refractivity contribution >= 4 is 22.8 Å². The summed E-state index contributed by atoms with van der Waals surface area (Å²) >= 11 is 0. The van der Waals surface area contributed by atoms with Crippen LogP contribution in [0.1, 0.15) is 25.5 Å². The second-order valence-electron chi connectivity index (χ2n) is 9.17. The van der Waals surface area contributed by atoms with E-state index in [1.165, 1.54) is 4.90 Å². The van der Waals surface area contributed by atoms with Crippen molar-refractivity contribution in [2.24, 2.45) is 0 Å². The predicted octanol–water partition coefficient (Wildman–Crippen LogP) is 4.06. The highest BCUT2D eigenvalue weighted by Gasteiger charge is 2.26. The summed E-state index contributed by atoms with van der Waals surface area (Å²) in [6.07, 6.45) is 0.611. The van der Waals surface area contributed by atoms with Gasteiger partial charge < -0.3 is 24.6 Å². The number of fused-ring (bicyclic) bond motifs is 1. The SMILES string of the molecule is CCOc1cc(N2CCC(N(C)C(=O)O)CC2)ccc1-c1nc2c(C)nn(-c3ccccc3)c2c(=O)[nH]1. The molecule has 2 N–H and O–H groups in total. The molecule has 2 aromatic carbocycles. The van der Waals surface area contributed by atoms with Crippen LogP contribution in [0.5, 0.6) is 5.75 Å². The molecule has 0 radical (unpaired) electrons. The number of nitrogens with one attached hydrogen (secondary N) is 1. The standard InChI is InChI=1S/C27H30N6O4/c1-4-37-22-16-20(32-14-12-18(13-15-32)31(3)27(35)36)10-11-21(22)25-28-23-17(2)30-33(24(23)26(34)29-25)19-8-6-5-7-9-19/h5-11,16,18H,4,12-15H2,1-3H3,(H,35,36)(H,28,29,34). The normalized spacial score (nSPS) is 14.2. The number of hydrogen-bond donors (Lipinski definition) is 2. The molecule has 1 aliphatic rings. The minimum Gasteiger partial charge on any atom is -0.493 e. The molecule has 0 saturated carbocycles. The maximum absolute atomic E-state index is 13.2. The summed E-state index contributed by atoms with van der Waals surface area (Å²) in [5.41, 5.74) is 3.79. The molecular formula is C27H30N6O4. The Labute approximate surface area is 214 Å². The molecule has 1 saturated heterocycles. The summed E-state index contributed by atoms with van der Waals surface area (Å²) in [5.74, 6) is 1.05. The largest absolute Gasteiger partial charge is 0.493 e. The zero-order valence-corrected chi connectivity index (χ0v) is 21.1. The zero-order valence-electron chi connectivity index (χ0n) is 21.1. The van der Waals surface area contributed by atoms with E-state index in [1.807, 2.05) is 62.4 Å². The predicted molar refractivity (Wildman–Crippen MR) is 142 cm³/mol. The van der Waals surface area contributed by atoms with Crippen LogP contribution in [0.15, 0.2) is 53.3 Å². The van der Waals surface area contributed by atoms with Crippen molar-refractivity contribution in [1.82, 2.24) is 24.6 Å². The van der Waals surface area contributed by atoms with Gasteiger partial charge in [-0.25, -0.2) is 14.5 Å². The molecule has 0 spiro atoms. The smallest absolute Gasteiger partial charge is 0.407 e. The van der Waals surface area contributed by atoms with Gasteiger partial charge in [0.15, 0.2) is 5.52 Å². The number of ether oxygens (including phenoxy) is 1. The zero-order chi connectivity index (χ0) is 26.1. The number of anilines is 1. The van der Waals surface area contributed by atoms with Gasteiger partial charge >= 0.3 is 6.09 Å². The summed E-state index contributed by atoms with van der Waals surface area (Å²) in [7, 11) is 1.63. The highest BCUT2D eigenvalue weighted by Crippen LogP contribution is 2.34. The summed E-state index contributed by atoms with van der Waals surface area (Å²) in [6, 6.07) is 15.4. The molecule has 1 aliphatic heterocycles. The Bertz CT molecular complexity index is 1490. The molecule has 4 aromatic rings. The van der Waals surface area contributed by atoms with E-state index in [2.05, 4.69) is 15.0 Å². The number of aromatic nitrogens is 4. The van der Waals surface area contributed by atoms with Gasteiger partial charge in [-0.15, -0.1) is 0 Å². The summed E-state index contributed by atoms with van der Waals surface area (Å²) in [6.45, 7) is 5.70. The first-order valence-corrected chi connectivity index (χ1v) is 12.4. The van der Waals surface area contributed by atoms with Crippen LogP contribution in [0, 0.1) is 6.92 Å². The number of carboxylic acid groups (broad SMARTS) is 1. The maximum atomic E-state index is 13.2. The molecule has 0 unspecified atom stereocenters. The fourth-order valence-corrected chi connectivity index (χ4v) is 4.89. The first-order valence-electron chi connectivity index (χ1n) is 12.4. The molecular weight excluding hydrogens is 472 g/mol. The third kappa shape index (κ3) is 4.62. The summed E-state index contributed by atoms with van der Waals surface area (Å²) in [4.78, 5) is 35.9. The highest BCUT2D eigenvalue weighted by atomic mass is 16.5. The van der Waals surface area contributed by atoms with E-state index in [-0.39, 0.29) is 11.6 Å². The number of H-pyrrole nitrogens is 1. The van der Waals surface area contributed by atoms with Crippen LogP contribution in [-0.2, 0) is 0 Å². The van der Waals surface area contributed by atoms with Crippen molar-refractivity contribution in [3.63, 3.8) is 0 Å². The van der Waals surface area contributed by atoms with E-state index < -0.39 is 6.09 Å². The van der Waals surface area contributed by atoms with E-state index in [9.17, 15) is 14.7 Å². The Kier molecular flexibility index (Phi) is 6.56. The minimum atomic E-state index is -0.899. The summed E-state index contributed by atoms with van der Waals surface area (Å²) in [5, 5.41) is 13.8. The average molecular weight is 503 g/mol. The van der Waals surface area contributed by atoms with Crippen molar-refractivity contribution < 1.29 is 14.6 Å². The van der Waals surface area contributed by atoms with Crippen molar-refractivity contribution in [3.8, 4) is 22.8 Å². The molecule has 192 valence electrons. The average Bonchev–Trinajstić information content (AvgIpc) is 3.25. The number of para-hydroxylation sites is 1. The molecule has 3 heterocycles. The molecule has 0 bridgehead atoms. The van der Waals surface area contributed by atoms with Crippen LogP contribution in [0.2, 0.25) is 0 Å². The minimum absolute atomic E-state index is 0.0143. The molecule has 1 amide bonds. The van der Waals surface area contributed by atoms with E-state index in [0.717, 1.165) is 37.3 Å². The van der Waals surface area contributed by atoms with Gasteiger partial charge in [0.1, 0.15) is 17.1 Å². The van der Waals surface area contributed by atoms with Crippen molar-refractivity contribution in [2.45, 2.75) is 32.7 Å². The van der Waals surface area contributed by atoms with E-state index in [1.54, 1.807) is 11.7 Å². The Morgan fingerprint density at radius 3 is 2.57 bits per heavy atom. The van der Waals surface area contributed by atoms with Crippen LogP contribution in [0.25, 0.3) is 28.1 Å². The molecule has 10 nitrogen and oxygen atoms in total. The first kappa shape index (κ1) is 24.4. The van der Waals surface area contributed by atoms with Gasteiger partial charge in [-0.2, -0.15) is 5.10 Å². The first-order chi connectivity index (χ1) is 17.9. The lowest BCUT2D eigenvalue weighted by atomic mass is 10.0. The van der Waals surface area contributed by atoms with Crippen molar-refractivity contribution in [2.75, 3.05) is 31.6 Å². The van der Waals surface area contributed by atoms with Crippen molar-refractivity contribution in [1.29, 1.82) is 0 Å². The number of aryl methyl sites for hydroxylation is 1. The third-order valence-corrected chi connectivity index (χ3v) is 6.90. The Hall–Kier alpha value is -4.34. The third-order valence-electron chi connectivity index (χ3n) is 6.90. The van der Waals surface area contributed by atoms with Crippen LogP contribution in [0.3, 0.4) is 0 Å². The number of aromatic amines is 1. The Balaban J connectivity index is 1.48. The molecule has 1 fully saturated rings. The monoisotopic (exact) mass is 502 g/mol. The summed E-state index contributed by atoms with van der Waals surface area (Å²) < 4.78 is 7.60. The van der Waals surface area contributed by atoms with Gasteiger partial charge in [0.05, 0.1) is 23.6 Å². The van der Waals surface area contributed by atoms with Crippen molar-refractivity contribution in [3.05, 3.63) is 64.6 Å². The lowest BCUT2D eigenvalue weighted by Gasteiger charge is -2.37. The number of nitrogens with zero attached hydrogens (tertiary/aromatic N) is 5. The second-order valence-corrected chi connectivity index (χ2v) is 9.17. The number of piperidine rings is 1. The maximum Gasteiger partial charge on any atom is 0.407 e. The Morgan fingerprint density at radius 1 is 1.16 bits per heavy atom. The molecule has 0 aliphatic carbocycles. The lowest BCUT2D eigenvalue weighted by molar-refractivity contribution is 0.131. The number of benzene rings is 2. The number of rotatable bonds is 6. The quantitative estimate of drug-likeness (QED) is 0.408. The van der Waals surface area contributed by atoms with Gasteiger partial charge in [0.25, 0.3) is 5.56 Å². The van der Waals surface area contributed by atoms with Gasteiger partial charge in [0.2, 0.25) is 0 Å². The molecule has 0 atom stereocenters. The van der Waals surface area contributed by atoms with E-state index in [0.29, 0.717) is 40.5 Å². The molecule has 2 aromatic heterocycles. The second kappa shape index (κ2) is 9.96. The van der Waals surface area contributed by atoms with Gasteiger partial charge in [-0.05, 0) is 51.0 Å².